The zero-order valence-corrected chi connectivity index (χ0v) is 12.9. The Bertz CT molecular complexity index is 633. The second-order valence-electron chi connectivity index (χ2n) is 4.20. The highest BCUT2D eigenvalue weighted by atomic mass is 35.5. The van der Waals surface area contributed by atoms with Gasteiger partial charge in [-0.15, -0.1) is 11.3 Å². The summed E-state index contributed by atoms with van der Waals surface area (Å²) in [6.45, 7) is 0. The van der Waals surface area contributed by atoms with Crippen molar-refractivity contribution >= 4 is 34.9 Å². The summed E-state index contributed by atoms with van der Waals surface area (Å²) in [5, 5.41) is 0. The van der Waals surface area contributed by atoms with Crippen molar-refractivity contribution in [3.63, 3.8) is 0 Å². The normalized spacial score (nSPS) is 10.2. The number of methoxy groups -OCH3 is 1. The van der Waals surface area contributed by atoms with Crippen molar-refractivity contribution in [2.24, 2.45) is 0 Å². The van der Waals surface area contributed by atoms with Gasteiger partial charge in [0.2, 0.25) is 0 Å². The van der Waals surface area contributed by atoms with E-state index < -0.39 is 5.97 Å². The van der Waals surface area contributed by atoms with E-state index in [0.717, 1.165) is 4.88 Å². The van der Waals surface area contributed by atoms with Gasteiger partial charge < -0.3 is 9.47 Å². The highest BCUT2D eigenvalue weighted by molar-refractivity contribution is 7.16. The van der Waals surface area contributed by atoms with E-state index in [0.29, 0.717) is 22.1 Å². The SMILES string of the molecule is COC(=O)c1ccc(OC(=O)CCc2ccc(Cl)s2)cc1. The van der Waals surface area contributed by atoms with Gasteiger partial charge in [-0.3, -0.25) is 4.79 Å². The van der Waals surface area contributed by atoms with E-state index in [1.807, 2.05) is 6.07 Å². The van der Waals surface area contributed by atoms with Crippen LogP contribution in [-0.4, -0.2) is 19.0 Å². The average Bonchev–Trinajstić information content (AvgIpc) is 2.91. The highest BCUT2D eigenvalue weighted by Crippen LogP contribution is 2.22. The summed E-state index contributed by atoms with van der Waals surface area (Å²) in [6.07, 6.45) is 0.867. The van der Waals surface area contributed by atoms with Crippen LogP contribution in [0, 0.1) is 0 Å². The van der Waals surface area contributed by atoms with Crippen LogP contribution in [0.15, 0.2) is 36.4 Å². The molecular weight excluding hydrogens is 312 g/mol. The predicted octanol–water partition coefficient (Wildman–Crippen LogP) is 3.73. The molecule has 0 aliphatic heterocycles. The van der Waals surface area contributed by atoms with Crippen molar-refractivity contribution < 1.29 is 19.1 Å². The first-order valence-electron chi connectivity index (χ1n) is 6.22. The van der Waals surface area contributed by atoms with Gasteiger partial charge in [-0.25, -0.2) is 4.79 Å². The molecule has 1 heterocycles. The van der Waals surface area contributed by atoms with E-state index in [-0.39, 0.29) is 12.4 Å². The average molecular weight is 325 g/mol. The summed E-state index contributed by atoms with van der Waals surface area (Å²) in [5.41, 5.74) is 0.408. The first-order chi connectivity index (χ1) is 10.1. The molecule has 0 aliphatic carbocycles. The second-order valence-corrected chi connectivity index (χ2v) is 6.00. The maximum Gasteiger partial charge on any atom is 0.337 e. The maximum atomic E-state index is 11.7. The number of rotatable bonds is 5. The number of esters is 2. The minimum absolute atomic E-state index is 0.273. The Morgan fingerprint density at radius 3 is 2.43 bits per heavy atom. The molecule has 1 aromatic carbocycles. The lowest BCUT2D eigenvalue weighted by Gasteiger charge is -2.04. The van der Waals surface area contributed by atoms with Crippen molar-refractivity contribution in [1.82, 2.24) is 0 Å². The number of halogens is 1. The van der Waals surface area contributed by atoms with Gasteiger partial charge in [0.1, 0.15) is 5.75 Å². The molecule has 0 radical (unpaired) electrons. The topological polar surface area (TPSA) is 52.6 Å². The van der Waals surface area contributed by atoms with Crippen molar-refractivity contribution in [2.75, 3.05) is 7.11 Å². The van der Waals surface area contributed by atoms with Gasteiger partial charge in [0, 0.05) is 4.88 Å². The smallest absolute Gasteiger partial charge is 0.337 e. The molecule has 0 N–H and O–H groups in total. The quantitative estimate of drug-likeness (QED) is 0.621. The van der Waals surface area contributed by atoms with Gasteiger partial charge in [0.15, 0.2) is 0 Å². The molecule has 0 saturated heterocycles. The first-order valence-corrected chi connectivity index (χ1v) is 7.41. The third-order valence-corrected chi connectivity index (χ3v) is 4.00. The summed E-state index contributed by atoms with van der Waals surface area (Å²) in [6, 6.07) is 9.92. The summed E-state index contributed by atoms with van der Waals surface area (Å²) < 4.78 is 10.5. The second kappa shape index (κ2) is 7.24. The maximum absolute atomic E-state index is 11.7. The number of hydrogen-bond acceptors (Lipinski definition) is 5. The Kier molecular flexibility index (Phi) is 5.36. The van der Waals surface area contributed by atoms with E-state index in [1.165, 1.54) is 18.4 Å². The predicted molar refractivity (Wildman–Crippen MR) is 81.1 cm³/mol. The van der Waals surface area contributed by atoms with E-state index in [9.17, 15) is 9.59 Å². The van der Waals surface area contributed by atoms with Crippen molar-refractivity contribution in [2.45, 2.75) is 12.8 Å². The van der Waals surface area contributed by atoms with Crippen LogP contribution in [0.1, 0.15) is 21.7 Å². The molecule has 4 nitrogen and oxygen atoms in total. The monoisotopic (exact) mass is 324 g/mol. The minimum Gasteiger partial charge on any atom is -0.465 e. The molecule has 2 aromatic rings. The molecule has 0 saturated carbocycles. The number of ether oxygens (including phenoxy) is 2. The largest absolute Gasteiger partial charge is 0.465 e. The van der Waals surface area contributed by atoms with Crippen molar-refractivity contribution in [1.29, 1.82) is 0 Å². The third kappa shape index (κ3) is 4.58. The Labute approximate surface area is 131 Å². The molecule has 0 fully saturated rings. The Balaban J connectivity index is 1.86. The van der Waals surface area contributed by atoms with Gasteiger partial charge in [0.25, 0.3) is 0 Å². The van der Waals surface area contributed by atoms with Gasteiger partial charge in [0.05, 0.1) is 23.4 Å². The Hall–Kier alpha value is -1.85. The number of benzene rings is 1. The van der Waals surface area contributed by atoms with Crippen molar-refractivity contribution in [3.05, 3.63) is 51.2 Å². The molecule has 0 aliphatic rings. The lowest BCUT2D eigenvalue weighted by Crippen LogP contribution is -2.09. The number of aryl methyl sites for hydroxylation is 1. The standard InChI is InChI=1S/C15H13ClO4S/c1-19-15(18)10-2-4-11(5-3-10)20-14(17)9-7-12-6-8-13(16)21-12/h2-6,8H,7,9H2,1H3. The molecular formula is C15H13ClO4S. The number of thiophene rings is 1. The fourth-order valence-corrected chi connectivity index (χ4v) is 2.76. The molecule has 1 aromatic heterocycles. The number of hydrogen-bond donors (Lipinski definition) is 0. The van der Waals surface area contributed by atoms with Gasteiger partial charge in [-0.05, 0) is 42.8 Å². The fraction of sp³-hybridized carbons (Fsp3) is 0.200. The van der Waals surface area contributed by atoms with Crippen LogP contribution < -0.4 is 4.74 Å². The van der Waals surface area contributed by atoms with E-state index >= 15 is 0 Å². The van der Waals surface area contributed by atoms with Crippen LogP contribution in [0.4, 0.5) is 0 Å². The van der Waals surface area contributed by atoms with Crippen LogP contribution in [0.5, 0.6) is 5.75 Å². The molecule has 0 spiro atoms. The third-order valence-electron chi connectivity index (χ3n) is 2.71. The minimum atomic E-state index is -0.428. The van der Waals surface area contributed by atoms with E-state index in [1.54, 1.807) is 30.3 Å². The summed E-state index contributed by atoms with van der Waals surface area (Å²) in [4.78, 5) is 24.0. The molecule has 2 rings (SSSR count). The lowest BCUT2D eigenvalue weighted by molar-refractivity contribution is -0.134. The molecule has 21 heavy (non-hydrogen) atoms. The fourth-order valence-electron chi connectivity index (χ4n) is 1.67. The van der Waals surface area contributed by atoms with Crippen LogP contribution >= 0.6 is 22.9 Å². The summed E-state index contributed by atoms with van der Waals surface area (Å²) >= 11 is 7.27. The van der Waals surface area contributed by atoms with Crippen LogP contribution in [0.25, 0.3) is 0 Å². The molecule has 0 amide bonds. The highest BCUT2D eigenvalue weighted by Gasteiger charge is 2.09. The summed E-state index contributed by atoms with van der Waals surface area (Å²) in [5.74, 6) is -0.357. The molecule has 110 valence electrons. The zero-order valence-electron chi connectivity index (χ0n) is 11.3. The number of carbonyl (C=O) groups is 2. The summed E-state index contributed by atoms with van der Waals surface area (Å²) in [7, 11) is 1.31. The van der Waals surface area contributed by atoms with Gasteiger partial charge >= 0.3 is 11.9 Å². The molecule has 0 atom stereocenters. The van der Waals surface area contributed by atoms with Crippen LogP contribution in [0.3, 0.4) is 0 Å². The first kappa shape index (κ1) is 15.5. The van der Waals surface area contributed by atoms with E-state index in [4.69, 9.17) is 16.3 Å². The molecule has 6 heteroatoms. The lowest BCUT2D eigenvalue weighted by atomic mass is 10.2. The number of carbonyl (C=O) groups excluding carboxylic acids is 2. The van der Waals surface area contributed by atoms with Crippen molar-refractivity contribution in [3.8, 4) is 5.75 Å². The van der Waals surface area contributed by atoms with Crippen LogP contribution in [-0.2, 0) is 16.0 Å². The Morgan fingerprint density at radius 2 is 1.86 bits per heavy atom. The van der Waals surface area contributed by atoms with Gasteiger partial charge in [-0.2, -0.15) is 0 Å². The van der Waals surface area contributed by atoms with Gasteiger partial charge in [-0.1, -0.05) is 11.6 Å². The van der Waals surface area contributed by atoms with E-state index in [2.05, 4.69) is 4.74 Å². The van der Waals surface area contributed by atoms with Crippen LogP contribution in [0.2, 0.25) is 4.34 Å². The molecule has 0 unspecified atom stereocenters. The Morgan fingerprint density at radius 1 is 1.14 bits per heavy atom. The zero-order chi connectivity index (χ0) is 15.2. The molecule has 0 bridgehead atoms.